The highest BCUT2D eigenvalue weighted by molar-refractivity contribution is 5.95. The lowest BCUT2D eigenvalue weighted by molar-refractivity contribution is 0.0746. The molecule has 0 bridgehead atoms. The molecule has 0 saturated carbocycles. The molecule has 7 nitrogen and oxygen atoms in total. The van der Waals surface area contributed by atoms with Crippen LogP contribution in [-0.4, -0.2) is 52.1 Å². The molecule has 0 aliphatic carbocycles. The summed E-state index contributed by atoms with van der Waals surface area (Å²) in [7, 11) is 0. The third kappa shape index (κ3) is 4.07. The van der Waals surface area contributed by atoms with Crippen LogP contribution in [-0.2, 0) is 0 Å². The first-order chi connectivity index (χ1) is 15.7. The van der Waals surface area contributed by atoms with Gasteiger partial charge in [-0.15, -0.1) is 0 Å². The van der Waals surface area contributed by atoms with Crippen LogP contribution in [0.1, 0.15) is 10.4 Å². The lowest BCUT2D eigenvalue weighted by atomic mass is 10.1. The number of amides is 1. The quantitative estimate of drug-likeness (QED) is 0.490. The molecule has 0 radical (unpaired) electrons. The van der Waals surface area contributed by atoms with Crippen LogP contribution >= 0.6 is 0 Å². The Morgan fingerprint density at radius 1 is 0.906 bits per heavy atom. The molecule has 0 unspecified atom stereocenters. The molecule has 2 aromatic heterocycles. The van der Waals surface area contributed by atoms with E-state index in [9.17, 15) is 9.18 Å². The van der Waals surface area contributed by atoms with Crippen molar-refractivity contribution in [3.05, 3.63) is 84.3 Å². The van der Waals surface area contributed by atoms with Gasteiger partial charge in [0.05, 0.1) is 0 Å². The predicted octanol–water partition coefficient (Wildman–Crippen LogP) is 3.90. The van der Waals surface area contributed by atoms with Crippen LogP contribution in [0.5, 0.6) is 0 Å². The fourth-order valence-corrected chi connectivity index (χ4v) is 3.70. The number of hydrogen-bond acceptors (Lipinski definition) is 6. The van der Waals surface area contributed by atoms with Crippen molar-refractivity contribution in [2.75, 3.05) is 31.1 Å². The van der Waals surface area contributed by atoms with E-state index in [0.717, 1.165) is 18.9 Å². The molecule has 32 heavy (non-hydrogen) atoms. The van der Waals surface area contributed by atoms with Gasteiger partial charge in [-0.2, -0.15) is 4.98 Å². The summed E-state index contributed by atoms with van der Waals surface area (Å²) in [5.41, 5.74) is 1.87. The Labute approximate surface area is 184 Å². The van der Waals surface area contributed by atoms with Crippen molar-refractivity contribution in [3.8, 4) is 22.8 Å². The second-order valence-electron chi connectivity index (χ2n) is 7.48. The van der Waals surface area contributed by atoms with Crippen molar-refractivity contribution in [2.45, 2.75) is 0 Å². The van der Waals surface area contributed by atoms with E-state index in [1.54, 1.807) is 36.5 Å². The minimum Gasteiger partial charge on any atom is -0.353 e. The zero-order valence-corrected chi connectivity index (χ0v) is 17.2. The monoisotopic (exact) mass is 429 g/mol. The molecule has 1 amide bonds. The number of aromatic nitrogens is 3. The maximum atomic E-state index is 13.1. The van der Waals surface area contributed by atoms with Gasteiger partial charge >= 0.3 is 0 Å². The molecule has 3 heterocycles. The fraction of sp³-hybridized carbons (Fsp3) is 0.167. The molecule has 1 aliphatic rings. The molecule has 4 aromatic rings. The predicted molar refractivity (Wildman–Crippen MR) is 117 cm³/mol. The van der Waals surface area contributed by atoms with Gasteiger partial charge in [-0.1, -0.05) is 17.3 Å². The molecule has 8 heteroatoms. The van der Waals surface area contributed by atoms with E-state index in [1.165, 1.54) is 12.1 Å². The van der Waals surface area contributed by atoms with E-state index >= 15 is 0 Å². The third-order valence-electron chi connectivity index (χ3n) is 5.43. The summed E-state index contributed by atoms with van der Waals surface area (Å²) in [6, 6.07) is 18.9. The largest absolute Gasteiger partial charge is 0.353 e. The Hall–Kier alpha value is -4.07. The highest BCUT2D eigenvalue weighted by Crippen LogP contribution is 2.24. The van der Waals surface area contributed by atoms with Crippen molar-refractivity contribution in [1.29, 1.82) is 0 Å². The lowest BCUT2D eigenvalue weighted by Gasteiger charge is -2.35. The van der Waals surface area contributed by atoms with Gasteiger partial charge in [0, 0.05) is 49.1 Å². The van der Waals surface area contributed by atoms with E-state index in [-0.39, 0.29) is 11.7 Å². The van der Waals surface area contributed by atoms with Crippen LogP contribution in [0.25, 0.3) is 22.8 Å². The lowest BCUT2D eigenvalue weighted by Crippen LogP contribution is -2.49. The summed E-state index contributed by atoms with van der Waals surface area (Å²) in [5, 5.41) is 3.98. The highest BCUT2D eigenvalue weighted by atomic mass is 19.1. The molecule has 160 valence electrons. The Balaban J connectivity index is 1.29. The van der Waals surface area contributed by atoms with Crippen molar-refractivity contribution in [3.63, 3.8) is 0 Å². The number of anilines is 1. The van der Waals surface area contributed by atoms with E-state index in [0.29, 0.717) is 41.5 Å². The smallest absolute Gasteiger partial charge is 0.258 e. The summed E-state index contributed by atoms with van der Waals surface area (Å²) < 4.78 is 18.5. The number of carbonyl (C=O) groups excluding carboxylic acids is 1. The van der Waals surface area contributed by atoms with Gasteiger partial charge in [-0.05, 0) is 54.6 Å². The van der Waals surface area contributed by atoms with E-state index in [1.807, 2.05) is 29.2 Å². The van der Waals surface area contributed by atoms with Gasteiger partial charge in [-0.25, -0.2) is 9.37 Å². The molecule has 0 atom stereocenters. The SMILES string of the molecule is O=C(c1cccc(-c2nc(-c3ccc(F)cc3)no2)c1)N1CCN(c2ccccn2)CC1. The molecular weight excluding hydrogens is 409 g/mol. The van der Waals surface area contributed by atoms with Gasteiger partial charge in [0.25, 0.3) is 11.8 Å². The molecule has 5 rings (SSSR count). The maximum Gasteiger partial charge on any atom is 0.258 e. The molecule has 1 saturated heterocycles. The van der Waals surface area contributed by atoms with Gasteiger partial charge in [0.1, 0.15) is 11.6 Å². The van der Waals surface area contributed by atoms with Gasteiger partial charge in [0.15, 0.2) is 0 Å². The topological polar surface area (TPSA) is 75.4 Å². The first-order valence-corrected chi connectivity index (χ1v) is 10.3. The third-order valence-corrected chi connectivity index (χ3v) is 5.43. The van der Waals surface area contributed by atoms with Crippen molar-refractivity contribution < 1.29 is 13.7 Å². The summed E-state index contributed by atoms with van der Waals surface area (Å²) in [6.45, 7) is 2.70. The number of benzene rings is 2. The second-order valence-corrected chi connectivity index (χ2v) is 7.48. The standard InChI is InChI=1S/C24H20FN5O2/c25-20-9-7-17(8-10-20)22-27-23(32-28-22)18-4-3-5-19(16-18)24(31)30-14-12-29(13-15-30)21-6-1-2-11-26-21/h1-11,16H,12-15H2. The van der Waals surface area contributed by atoms with Crippen LogP contribution in [0.3, 0.4) is 0 Å². The van der Waals surface area contributed by atoms with Gasteiger partial charge < -0.3 is 14.3 Å². The Kier molecular flexibility index (Phi) is 5.33. The molecule has 2 aromatic carbocycles. The number of nitrogens with zero attached hydrogens (tertiary/aromatic N) is 5. The Morgan fingerprint density at radius 3 is 2.47 bits per heavy atom. The molecule has 0 spiro atoms. The van der Waals surface area contributed by atoms with Crippen molar-refractivity contribution in [2.24, 2.45) is 0 Å². The van der Waals surface area contributed by atoms with Gasteiger partial charge in [0.2, 0.25) is 5.82 Å². The molecule has 1 aliphatic heterocycles. The molecule has 0 N–H and O–H groups in total. The number of rotatable bonds is 4. The first-order valence-electron chi connectivity index (χ1n) is 10.3. The maximum absolute atomic E-state index is 13.1. The Bertz CT molecular complexity index is 1220. The number of halogens is 1. The summed E-state index contributed by atoms with van der Waals surface area (Å²) in [6.07, 6.45) is 1.78. The second kappa shape index (κ2) is 8.58. The minimum absolute atomic E-state index is 0.0363. The van der Waals surface area contributed by atoms with Crippen LogP contribution in [0.2, 0.25) is 0 Å². The first kappa shape index (κ1) is 19.9. The van der Waals surface area contributed by atoms with Crippen LogP contribution < -0.4 is 4.90 Å². The normalized spacial score (nSPS) is 13.9. The fourth-order valence-electron chi connectivity index (χ4n) is 3.70. The average molecular weight is 429 g/mol. The van der Waals surface area contributed by atoms with Crippen LogP contribution in [0, 0.1) is 5.82 Å². The Morgan fingerprint density at radius 2 is 1.72 bits per heavy atom. The van der Waals surface area contributed by atoms with Crippen LogP contribution in [0.4, 0.5) is 10.2 Å². The van der Waals surface area contributed by atoms with E-state index in [2.05, 4.69) is 20.0 Å². The van der Waals surface area contributed by atoms with E-state index < -0.39 is 0 Å². The summed E-state index contributed by atoms with van der Waals surface area (Å²) in [4.78, 5) is 25.9. The number of carbonyl (C=O) groups is 1. The average Bonchev–Trinajstić information content (AvgIpc) is 3.35. The van der Waals surface area contributed by atoms with E-state index in [4.69, 9.17) is 4.52 Å². The number of pyridine rings is 1. The summed E-state index contributed by atoms with van der Waals surface area (Å²) in [5.74, 6) is 1.23. The van der Waals surface area contributed by atoms with Crippen LogP contribution in [0.15, 0.2) is 77.4 Å². The number of hydrogen-bond donors (Lipinski definition) is 0. The molecular formula is C24H20FN5O2. The summed E-state index contributed by atoms with van der Waals surface area (Å²) >= 11 is 0. The zero-order chi connectivity index (χ0) is 21.9. The van der Waals surface area contributed by atoms with Crippen molar-refractivity contribution in [1.82, 2.24) is 20.0 Å². The number of piperazine rings is 1. The van der Waals surface area contributed by atoms with Gasteiger partial charge in [-0.3, -0.25) is 4.79 Å². The molecule has 1 fully saturated rings. The zero-order valence-electron chi connectivity index (χ0n) is 17.2. The minimum atomic E-state index is -0.329. The highest BCUT2D eigenvalue weighted by Gasteiger charge is 2.23. The van der Waals surface area contributed by atoms with Crippen molar-refractivity contribution >= 4 is 11.7 Å².